The summed E-state index contributed by atoms with van der Waals surface area (Å²) in [7, 11) is 0. The molecule has 0 spiro atoms. The predicted molar refractivity (Wildman–Crippen MR) is 5.75 cm³/mol. The second-order valence-corrected chi connectivity index (χ2v) is 0. The normalized spacial score (nSPS) is 0. The van der Waals surface area contributed by atoms with Crippen molar-refractivity contribution in [2.75, 3.05) is 0 Å². The van der Waals surface area contributed by atoms with Gasteiger partial charge in [-0.15, -0.1) is 0 Å². The SMILES string of the molecule is [Al+3].[Cs+].[F-].[F-].[F-].[F-].[F-].[F-].[F-].[F-].[F-].[F-].[F-].[F-].[F-].[F-].[F-].[F-]. The molecule has 0 fully saturated rings. The molecule has 18 heavy (non-hydrogen) atoms. The van der Waals surface area contributed by atoms with Crippen LogP contribution < -0.4 is 144 Å². The van der Waals surface area contributed by atoms with Crippen molar-refractivity contribution >= 4 is 17.4 Å². The summed E-state index contributed by atoms with van der Waals surface area (Å²) in [6.45, 7) is 0. The van der Waals surface area contributed by atoms with Crippen LogP contribution in [0.4, 0.5) is 0 Å². The van der Waals surface area contributed by atoms with Gasteiger partial charge in [0.1, 0.15) is 0 Å². The van der Waals surface area contributed by atoms with Gasteiger partial charge in [0, 0.05) is 0 Å². The van der Waals surface area contributed by atoms with Gasteiger partial charge in [-0.2, -0.15) is 0 Å². The van der Waals surface area contributed by atoms with E-state index in [1.165, 1.54) is 0 Å². The topological polar surface area (TPSA) is 0 Å². The van der Waals surface area contributed by atoms with Gasteiger partial charge in [0.2, 0.25) is 0 Å². The van der Waals surface area contributed by atoms with Crippen LogP contribution in [-0.4, -0.2) is 17.4 Å². The molecule has 18 heteroatoms. The molecule has 0 saturated heterocycles. The Hall–Kier alpha value is 1.46. The first kappa shape index (κ1) is 3090. The number of hydrogen-bond donors (Lipinski definition) is 0. The monoisotopic (exact) mass is 464 g/mol. The van der Waals surface area contributed by atoms with Crippen LogP contribution in [0.1, 0.15) is 0 Å². The van der Waals surface area contributed by atoms with E-state index >= 15 is 0 Å². The maximum Gasteiger partial charge on any atom is 3.00 e. The second kappa shape index (κ2) is 2630. The van der Waals surface area contributed by atoms with Crippen molar-refractivity contribution in [3.05, 3.63) is 0 Å². The van der Waals surface area contributed by atoms with Gasteiger partial charge >= 0.3 is 86.3 Å². The molecular weight excluding hydrogens is 464 g/mol. The van der Waals surface area contributed by atoms with Gasteiger partial charge in [0.25, 0.3) is 0 Å². The fourth-order valence-electron chi connectivity index (χ4n) is 0. The van der Waals surface area contributed by atoms with E-state index in [9.17, 15) is 0 Å². The quantitative estimate of drug-likeness (QED) is 0.247. The summed E-state index contributed by atoms with van der Waals surface area (Å²) in [6, 6.07) is 0. The Balaban J connectivity index is 0. The summed E-state index contributed by atoms with van der Waals surface area (Å²) in [5, 5.41) is 0. The second-order valence-electron chi connectivity index (χ2n) is 0. The van der Waals surface area contributed by atoms with Crippen molar-refractivity contribution < 1.29 is 144 Å². The molecule has 0 bridgehead atoms. The minimum absolute atomic E-state index is 0. The Labute approximate surface area is 159 Å². The van der Waals surface area contributed by atoms with Crippen molar-refractivity contribution in [2.24, 2.45) is 0 Å². The van der Waals surface area contributed by atoms with E-state index in [2.05, 4.69) is 0 Å². The summed E-state index contributed by atoms with van der Waals surface area (Å²) in [6.07, 6.45) is 0. The first-order chi connectivity index (χ1) is 0. The number of hydrogen-bond acceptors (Lipinski definition) is 0. The number of rotatable bonds is 0. The Bertz CT molecular complexity index is 11.1. The molecule has 0 heterocycles. The van der Waals surface area contributed by atoms with Crippen molar-refractivity contribution in [1.29, 1.82) is 0 Å². The van der Waals surface area contributed by atoms with Crippen LogP contribution >= 0.6 is 0 Å². The van der Waals surface area contributed by atoms with Gasteiger partial charge in [-0.1, -0.05) is 0 Å². The van der Waals surface area contributed by atoms with E-state index in [-0.39, 0.29) is 162 Å². The molecule has 0 aliphatic heterocycles. The predicted octanol–water partition coefficient (Wildman–Crippen LogP) is -51.3. The zero-order chi connectivity index (χ0) is 0. The number of halogens is 16. The standard InChI is InChI=1S/Al.Cs.16FH/h;;16*1H/q+3;+1;;;;;;;;;;;;;;;;/p-16. The van der Waals surface area contributed by atoms with Crippen molar-refractivity contribution in [3.63, 3.8) is 0 Å². The zero-order valence-electron chi connectivity index (χ0n) is 7.62. The van der Waals surface area contributed by atoms with E-state index < -0.39 is 0 Å². The Morgan fingerprint density at radius 1 is 0.167 bits per heavy atom. The van der Waals surface area contributed by atoms with Crippen LogP contribution in [0, 0.1) is 0 Å². The summed E-state index contributed by atoms with van der Waals surface area (Å²) in [5.74, 6) is 0. The smallest absolute Gasteiger partial charge is 1.00 e. The third-order valence-corrected chi connectivity index (χ3v) is 0. The average molecular weight is 464 g/mol. The van der Waals surface area contributed by atoms with E-state index in [0.717, 1.165) is 0 Å². The largest absolute Gasteiger partial charge is 3.00 e. The maximum atomic E-state index is 0. The van der Waals surface area contributed by atoms with Crippen LogP contribution in [-0.2, 0) is 0 Å². The van der Waals surface area contributed by atoms with E-state index in [1.54, 1.807) is 0 Å². The fourth-order valence-corrected chi connectivity index (χ4v) is 0. The van der Waals surface area contributed by atoms with Gasteiger partial charge in [-0.25, -0.2) is 0 Å². The molecule has 0 N–H and O–H groups in total. The Morgan fingerprint density at radius 3 is 0.167 bits per heavy atom. The molecule has 0 aliphatic rings. The Kier molecular flexibility index (Phi) is 451000. The van der Waals surface area contributed by atoms with Gasteiger partial charge in [-0.05, 0) is 0 Å². The summed E-state index contributed by atoms with van der Waals surface area (Å²) < 4.78 is 0. The molecule has 0 aromatic rings. The third kappa shape index (κ3) is 2210. The van der Waals surface area contributed by atoms with Gasteiger partial charge in [-0.3, -0.25) is 0 Å². The van der Waals surface area contributed by atoms with E-state index in [1.807, 2.05) is 0 Å². The van der Waals surface area contributed by atoms with Crippen LogP contribution in [0.25, 0.3) is 0 Å². The molecule has 0 rings (SSSR count). The fraction of sp³-hybridized carbons (Fsp3) is 0. The van der Waals surface area contributed by atoms with Crippen molar-refractivity contribution in [2.45, 2.75) is 0 Å². The average Bonchev–Trinajstić information content (AvgIpc) is 0. The van der Waals surface area contributed by atoms with Crippen LogP contribution in [0.3, 0.4) is 0 Å². The molecule has 0 saturated carbocycles. The molecule has 0 aliphatic carbocycles. The molecule has 0 radical (unpaired) electrons. The molecule has 128 valence electrons. The van der Waals surface area contributed by atoms with Crippen LogP contribution in [0.5, 0.6) is 0 Å². The molecule has 0 unspecified atom stereocenters. The van der Waals surface area contributed by atoms with Gasteiger partial charge in [0.05, 0.1) is 0 Å². The summed E-state index contributed by atoms with van der Waals surface area (Å²) in [5.41, 5.74) is 0. The van der Waals surface area contributed by atoms with Crippen LogP contribution in [0.2, 0.25) is 0 Å². The molecule has 0 atom stereocenters. The Morgan fingerprint density at radius 2 is 0.167 bits per heavy atom. The minimum Gasteiger partial charge on any atom is -1.00 e. The first-order valence-corrected chi connectivity index (χ1v) is 0. The molecular formula is AlCsF16-12. The minimum atomic E-state index is 0. The van der Waals surface area contributed by atoms with E-state index in [0.29, 0.717) is 0 Å². The molecule has 0 nitrogen and oxygen atoms in total. The molecule has 0 aromatic carbocycles. The van der Waals surface area contributed by atoms with Crippen LogP contribution in [0.15, 0.2) is 0 Å². The molecule has 0 aromatic heterocycles. The maximum absolute atomic E-state index is 0. The van der Waals surface area contributed by atoms with E-state index in [4.69, 9.17) is 0 Å². The molecule has 0 amide bonds. The summed E-state index contributed by atoms with van der Waals surface area (Å²) in [4.78, 5) is 0. The first-order valence-electron chi connectivity index (χ1n) is 0. The van der Waals surface area contributed by atoms with Crippen molar-refractivity contribution in [3.8, 4) is 0 Å². The zero-order valence-corrected chi connectivity index (χ0v) is 15.1. The van der Waals surface area contributed by atoms with Gasteiger partial charge < -0.3 is 75.3 Å². The summed E-state index contributed by atoms with van der Waals surface area (Å²) >= 11 is 0. The third-order valence-electron chi connectivity index (χ3n) is 0. The van der Waals surface area contributed by atoms with Gasteiger partial charge in [0.15, 0.2) is 0 Å². The van der Waals surface area contributed by atoms with Crippen molar-refractivity contribution in [1.82, 2.24) is 0 Å².